The highest BCUT2D eigenvalue weighted by atomic mass is 16.3. The molecule has 3 nitrogen and oxygen atoms in total. The number of para-hydroxylation sites is 3. The van der Waals surface area contributed by atoms with Crippen LogP contribution >= 0.6 is 0 Å². The van der Waals surface area contributed by atoms with Crippen molar-refractivity contribution >= 4 is 33.0 Å². The molecule has 50 heavy (non-hydrogen) atoms. The number of fused-ring (bicyclic) bond motifs is 4. The third-order valence-corrected chi connectivity index (χ3v) is 9.74. The normalized spacial score (nSPS) is 11.9. The molecular weight excluding hydrogens is 609 g/mol. The van der Waals surface area contributed by atoms with Crippen LogP contribution in [0.1, 0.15) is 26.3 Å². The maximum atomic E-state index is 6.82. The maximum Gasteiger partial charge on any atom is 0.149 e. The summed E-state index contributed by atoms with van der Waals surface area (Å²) in [5.41, 5.74) is 13.8. The van der Waals surface area contributed by atoms with Gasteiger partial charge in [-0.1, -0.05) is 142 Å². The molecule has 0 unspecified atom stereocenters. The second-order valence-corrected chi connectivity index (χ2v) is 14.0. The van der Waals surface area contributed by atoms with Gasteiger partial charge in [0.15, 0.2) is 0 Å². The van der Waals surface area contributed by atoms with Crippen molar-refractivity contribution in [3.8, 4) is 50.5 Å². The van der Waals surface area contributed by atoms with Gasteiger partial charge in [-0.25, -0.2) is 4.98 Å². The molecule has 0 aliphatic heterocycles. The summed E-state index contributed by atoms with van der Waals surface area (Å²) in [5, 5.41) is 2.17. The predicted molar refractivity (Wildman–Crippen MR) is 209 cm³/mol. The van der Waals surface area contributed by atoms with Gasteiger partial charge in [-0.15, -0.1) is 0 Å². The van der Waals surface area contributed by atoms with E-state index >= 15 is 0 Å². The molecule has 7 aromatic carbocycles. The first-order valence-electron chi connectivity index (χ1n) is 17.2. The Morgan fingerprint density at radius 2 is 1.14 bits per heavy atom. The van der Waals surface area contributed by atoms with Crippen molar-refractivity contribution in [3.63, 3.8) is 0 Å². The molecule has 0 saturated carbocycles. The van der Waals surface area contributed by atoms with E-state index in [1.807, 2.05) is 6.07 Å². The van der Waals surface area contributed by atoms with Gasteiger partial charge in [0.25, 0.3) is 0 Å². The van der Waals surface area contributed by atoms with Crippen LogP contribution < -0.4 is 0 Å². The van der Waals surface area contributed by atoms with Gasteiger partial charge in [0, 0.05) is 16.3 Å². The summed E-state index contributed by atoms with van der Waals surface area (Å²) in [6, 6.07) is 58.1. The van der Waals surface area contributed by atoms with Crippen molar-refractivity contribution in [1.29, 1.82) is 0 Å². The number of benzene rings is 7. The monoisotopic (exact) mass is 644 g/mol. The number of hydrogen-bond donors (Lipinski definition) is 0. The van der Waals surface area contributed by atoms with Crippen LogP contribution in [0.5, 0.6) is 0 Å². The van der Waals surface area contributed by atoms with E-state index in [2.05, 4.69) is 183 Å². The molecule has 3 heteroatoms. The van der Waals surface area contributed by atoms with Crippen LogP contribution in [0.25, 0.3) is 83.4 Å². The van der Waals surface area contributed by atoms with Crippen molar-refractivity contribution in [2.45, 2.75) is 26.2 Å². The first kappa shape index (κ1) is 29.9. The standard InChI is InChI=1S/C47H36N2O/c1-47(2,3)40-29-35(32-18-9-5-10-19-32)28-39(33-20-11-6-12-21-33)44(40)49-42-25-14-13-24-41(42)48-46(49)38-23-15-22-37-36-27-26-34(30-43(36)50-45(37)38)31-16-7-4-8-17-31/h4-30H,1-3H3. The molecule has 0 aliphatic rings. The number of furan rings is 1. The third kappa shape index (κ3) is 5.02. The number of rotatable bonds is 5. The number of hydrogen-bond acceptors (Lipinski definition) is 2. The summed E-state index contributed by atoms with van der Waals surface area (Å²) in [6.45, 7) is 6.91. The average Bonchev–Trinajstić information content (AvgIpc) is 3.73. The molecule has 0 amide bonds. The average molecular weight is 645 g/mol. The Balaban J connectivity index is 1.37. The van der Waals surface area contributed by atoms with Crippen LogP contribution in [0.4, 0.5) is 0 Å². The highest BCUT2D eigenvalue weighted by molar-refractivity contribution is 6.10. The molecule has 2 aromatic heterocycles. The molecule has 0 aliphatic carbocycles. The van der Waals surface area contributed by atoms with E-state index < -0.39 is 0 Å². The van der Waals surface area contributed by atoms with Crippen molar-refractivity contribution in [2.75, 3.05) is 0 Å². The lowest BCUT2D eigenvalue weighted by atomic mass is 9.81. The quantitative estimate of drug-likeness (QED) is 0.187. The van der Waals surface area contributed by atoms with Gasteiger partial charge in [0.05, 0.1) is 22.3 Å². The Hall–Kier alpha value is -6.19. The second kappa shape index (κ2) is 11.7. The fourth-order valence-corrected chi connectivity index (χ4v) is 7.30. The fraction of sp³-hybridized carbons (Fsp3) is 0.0851. The van der Waals surface area contributed by atoms with Crippen LogP contribution in [0.3, 0.4) is 0 Å². The molecule has 9 rings (SSSR count). The van der Waals surface area contributed by atoms with Crippen LogP contribution in [-0.4, -0.2) is 9.55 Å². The lowest BCUT2D eigenvalue weighted by Gasteiger charge is -2.28. The zero-order valence-electron chi connectivity index (χ0n) is 28.4. The summed E-state index contributed by atoms with van der Waals surface area (Å²) >= 11 is 0. The Morgan fingerprint density at radius 1 is 0.500 bits per heavy atom. The van der Waals surface area contributed by atoms with Crippen LogP contribution in [0.2, 0.25) is 0 Å². The Bertz CT molecular complexity index is 2660. The van der Waals surface area contributed by atoms with E-state index in [9.17, 15) is 0 Å². The minimum Gasteiger partial charge on any atom is -0.455 e. The SMILES string of the molecule is CC(C)(C)c1cc(-c2ccccc2)cc(-c2ccccc2)c1-n1c(-c2cccc3c2oc2cc(-c4ccccc4)ccc23)nc2ccccc21. The van der Waals surface area contributed by atoms with E-state index in [4.69, 9.17) is 9.40 Å². The minimum atomic E-state index is -0.189. The van der Waals surface area contributed by atoms with Gasteiger partial charge in [-0.2, -0.15) is 0 Å². The summed E-state index contributed by atoms with van der Waals surface area (Å²) in [5.74, 6) is 0.856. The fourth-order valence-electron chi connectivity index (χ4n) is 7.30. The topological polar surface area (TPSA) is 31.0 Å². The van der Waals surface area contributed by atoms with Gasteiger partial charge < -0.3 is 4.42 Å². The number of nitrogens with zero attached hydrogens (tertiary/aromatic N) is 2. The molecule has 0 saturated heterocycles. The van der Waals surface area contributed by atoms with Gasteiger partial charge >= 0.3 is 0 Å². The first-order chi connectivity index (χ1) is 24.4. The maximum absolute atomic E-state index is 6.82. The molecule has 0 radical (unpaired) electrons. The van der Waals surface area contributed by atoms with Crippen LogP contribution in [0, 0.1) is 0 Å². The number of imidazole rings is 1. The van der Waals surface area contributed by atoms with Crippen LogP contribution in [0.15, 0.2) is 168 Å². The van der Waals surface area contributed by atoms with E-state index in [1.54, 1.807) is 0 Å². The van der Waals surface area contributed by atoms with Crippen molar-refractivity contribution in [2.24, 2.45) is 0 Å². The minimum absolute atomic E-state index is 0.189. The zero-order chi connectivity index (χ0) is 33.8. The molecule has 0 atom stereocenters. The largest absolute Gasteiger partial charge is 0.455 e. The molecule has 0 spiro atoms. The van der Waals surface area contributed by atoms with E-state index in [0.29, 0.717) is 0 Å². The summed E-state index contributed by atoms with van der Waals surface area (Å²) < 4.78 is 9.20. The Morgan fingerprint density at radius 3 is 1.84 bits per heavy atom. The van der Waals surface area contributed by atoms with Crippen LogP contribution in [-0.2, 0) is 5.41 Å². The third-order valence-electron chi connectivity index (χ3n) is 9.74. The van der Waals surface area contributed by atoms with E-state index in [1.165, 1.54) is 22.3 Å². The summed E-state index contributed by atoms with van der Waals surface area (Å²) in [7, 11) is 0. The Labute approximate surface area is 292 Å². The molecular formula is C47H36N2O. The van der Waals surface area contributed by atoms with Crippen molar-refractivity contribution in [3.05, 3.63) is 169 Å². The van der Waals surface area contributed by atoms with Crippen molar-refractivity contribution < 1.29 is 4.42 Å². The molecule has 9 aromatic rings. The molecule has 2 heterocycles. The molecule has 0 bridgehead atoms. The molecule has 240 valence electrons. The van der Waals surface area contributed by atoms with Crippen molar-refractivity contribution in [1.82, 2.24) is 9.55 Å². The molecule has 0 fully saturated rings. The van der Waals surface area contributed by atoms with Gasteiger partial charge in [-0.05, 0) is 81.3 Å². The first-order valence-corrected chi connectivity index (χ1v) is 17.2. The predicted octanol–water partition coefficient (Wildman–Crippen LogP) is 12.9. The summed E-state index contributed by atoms with van der Waals surface area (Å²) in [6.07, 6.45) is 0. The highest BCUT2D eigenvalue weighted by Gasteiger charge is 2.28. The summed E-state index contributed by atoms with van der Waals surface area (Å²) in [4.78, 5) is 5.39. The van der Waals surface area contributed by atoms with E-state index in [-0.39, 0.29) is 5.41 Å². The van der Waals surface area contributed by atoms with E-state index in [0.717, 1.165) is 66.7 Å². The highest BCUT2D eigenvalue weighted by Crippen LogP contribution is 2.45. The van der Waals surface area contributed by atoms with Gasteiger partial charge in [-0.3, -0.25) is 4.57 Å². The molecule has 0 N–H and O–H groups in total. The lowest BCUT2D eigenvalue weighted by Crippen LogP contribution is -2.17. The Kier molecular flexibility index (Phi) is 7.03. The second-order valence-electron chi connectivity index (χ2n) is 14.0. The van der Waals surface area contributed by atoms with Gasteiger partial charge in [0.1, 0.15) is 17.0 Å². The zero-order valence-corrected chi connectivity index (χ0v) is 28.4. The number of aromatic nitrogens is 2. The lowest BCUT2D eigenvalue weighted by molar-refractivity contribution is 0.587. The van der Waals surface area contributed by atoms with Gasteiger partial charge in [0.2, 0.25) is 0 Å². The smallest absolute Gasteiger partial charge is 0.149 e.